The van der Waals surface area contributed by atoms with Crippen molar-refractivity contribution in [2.45, 2.75) is 90.4 Å². The Kier molecular flexibility index (Phi) is 14.3. The van der Waals surface area contributed by atoms with Gasteiger partial charge in [-0.1, -0.05) is 81.5 Å². The molecule has 0 amide bonds. The first-order chi connectivity index (χ1) is 19.3. The Balaban J connectivity index is 1.61. The van der Waals surface area contributed by atoms with Crippen LogP contribution < -0.4 is 0 Å². The minimum absolute atomic E-state index is 0.114. The number of aryl methyl sites for hydroxylation is 1. The van der Waals surface area contributed by atoms with E-state index in [1.165, 1.54) is 35.2 Å². The molecule has 0 atom stereocenters. The fourth-order valence-corrected chi connectivity index (χ4v) is 4.15. The number of carbonyl (C=O) groups excluding carboxylic acids is 2. The van der Waals surface area contributed by atoms with Gasteiger partial charge in [-0.15, -0.1) is 0 Å². The Morgan fingerprint density at radius 2 is 1.61 bits per heavy atom. The molecule has 0 unspecified atom stereocenters. The topological polar surface area (TPSA) is 60.8 Å². The standard InChI is InChI=1S/C32H48N2O4/c1-4-5-6-7-8-9-10-11-12-13-14-15-16-17-18-23-31(35)37-27-38-32(36)34-26-28(24-25-33(2)3)29-21-19-20-22-30(29)34/h8-9,11-12,19-22,26H,4-7,10,13-18,23-25,27H2,1-3H3/b9-8-,12-11-/i25D2. The zero-order valence-electron chi connectivity index (χ0n) is 25.6. The molecule has 38 heavy (non-hydrogen) atoms. The molecule has 1 aromatic carbocycles. The van der Waals surface area contributed by atoms with Gasteiger partial charge in [0, 0.05) is 27.2 Å². The summed E-state index contributed by atoms with van der Waals surface area (Å²) in [5.41, 5.74) is 1.32. The van der Waals surface area contributed by atoms with Crippen molar-refractivity contribution >= 4 is 23.0 Å². The number of allylic oxidation sites excluding steroid dienone is 4. The third-order valence-electron chi connectivity index (χ3n) is 6.31. The van der Waals surface area contributed by atoms with Gasteiger partial charge < -0.3 is 14.4 Å². The van der Waals surface area contributed by atoms with Crippen molar-refractivity contribution in [2.24, 2.45) is 0 Å². The second-order valence-electron chi connectivity index (χ2n) is 9.80. The summed E-state index contributed by atoms with van der Waals surface area (Å²) in [6.07, 6.45) is 22.7. The van der Waals surface area contributed by atoms with Gasteiger partial charge in [-0.25, -0.2) is 4.79 Å². The second kappa shape index (κ2) is 19.2. The number of aromatic nitrogens is 1. The van der Waals surface area contributed by atoms with Crippen molar-refractivity contribution in [3.8, 4) is 0 Å². The van der Waals surface area contributed by atoms with Crippen LogP contribution >= 0.6 is 0 Å². The van der Waals surface area contributed by atoms with E-state index in [2.05, 4.69) is 31.2 Å². The monoisotopic (exact) mass is 526 g/mol. The minimum atomic E-state index is -1.57. The van der Waals surface area contributed by atoms with Crippen molar-refractivity contribution in [2.75, 3.05) is 27.4 Å². The van der Waals surface area contributed by atoms with E-state index >= 15 is 0 Å². The van der Waals surface area contributed by atoms with Crippen molar-refractivity contribution in [3.05, 3.63) is 60.3 Å². The Bertz CT molecular complexity index is 1090. The lowest BCUT2D eigenvalue weighted by molar-refractivity contribution is -0.151. The molecule has 6 heteroatoms. The number of benzene rings is 1. The van der Waals surface area contributed by atoms with Crippen molar-refractivity contribution in [3.63, 3.8) is 0 Å². The number of carbonyl (C=O) groups is 2. The maximum absolute atomic E-state index is 12.7. The Hall–Kier alpha value is -2.86. The Morgan fingerprint density at radius 3 is 2.34 bits per heavy atom. The highest BCUT2D eigenvalue weighted by molar-refractivity contribution is 5.92. The molecule has 1 aromatic heterocycles. The van der Waals surface area contributed by atoms with Gasteiger partial charge in [-0.2, -0.15) is 0 Å². The summed E-state index contributed by atoms with van der Waals surface area (Å²) >= 11 is 0. The summed E-state index contributed by atoms with van der Waals surface area (Å²) in [5.74, 6) is -0.379. The molecular formula is C32H48N2O4. The Labute approximate surface area is 232 Å². The molecule has 2 rings (SSSR count). The molecule has 6 nitrogen and oxygen atoms in total. The molecule has 0 N–H and O–H groups in total. The zero-order valence-corrected chi connectivity index (χ0v) is 23.6. The average Bonchev–Trinajstić information content (AvgIpc) is 3.28. The number of rotatable bonds is 19. The lowest BCUT2D eigenvalue weighted by Gasteiger charge is -2.08. The van der Waals surface area contributed by atoms with E-state index in [-0.39, 0.29) is 12.4 Å². The zero-order chi connectivity index (χ0) is 29.2. The summed E-state index contributed by atoms with van der Waals surface area (Å²) in [4.78, 5) is 26.3. The third-order valence-corrected chi connectivity index (χ3v) is 6.31. The number of ether oxygens (including phenoxy) is 2. The molecule has 0 spiro atoms. The number of fused-ring (bicyclic) bond motifs is 1. The number of unbranched alkanes of at least 4 members (excludes halogenated alkanes) is 8. The molecule has 0 aliphatic rings. The van der Waals surface area contributed by atoms with Gasteiger partial charge in [0.15, 0.2) is 0 Å². The van der Waals surface area contributed by atoms with Gasteiger partial charge in [0.2, 0.25) is 6.79 Å². The molecule has 0 radical (unpaired) electrons. The van der Waals surface area contributed by atoms with E-state index in [0.717, 1.165) is 50.3 Å². The fourth-order valence-electron chi connectivity index (χ4n) is 4.15. The van der Waals surface area contributed by atoms with Crippen molar-refractivity contribution in [1.82, 2.24) is 9.47 Å². The first-order valence-electron chi connectivity index (χ1n) is 15.2. The highest BCUT2D eigenvalue weighted by Crippen LogP contribution is 2.22. The average molecular weight is 527 g/mol. The maximum atomic E-state index is 12.7. The molecule has 0 saturated heterocycles. The summed E-state index contributed by atoms with van der Waals surface area (Å²) in [5, 5.41) is 0.781. The molecule has 0 fully saturated rings. The van der Waals surface area contributed by atoms with E-state index in [0.29, 0.717) is 17.5 Å². The van der Waals surface area contributed by atoms with Crippen LogP contribution in [0, 0.1) is 0 Å². The number of para-hydroxylation sites is 1. The number of likely N-dealkylation sites (N-methyl/N-ethyl adjacent to an activating group) is 1. The van der Waals surface area contributed by atoms with E-state index in [1.807, 2.05) is 18.2 Å². The van der Waals surface area contributed by atoms with E-state index in [1.54, 1.807) is 26.4 Å². The SMILES string of the molecule is [2H]C([2H])(Cc1cn(C(=O)OCOC(=O)CCCCCCC/C=C\C/C=C\CCCCC)c2ccccc12)N(C)C. The molecular weight excluding hydrogens is 476 g/mol. The van der Waals surface area contributed by atoms with Crippen LogP contribution in [0.15, 0.2) is 54.8 Å². The van der Waals surface area contributed by atoms with Crippen LogP contribution in [0.25, 0.3) is 10.9 Å². The van der Waals surface area contributed by atoms with Gasteiger partial charge >= 0.3 is 12.1 Å². The summed E-state index contributed by atoms with van der Waals surface area (Å²) in [7, 11) is 3.36. The molecule has 0 aliphatic carbocycles. The molecule has 1 heterocycles. The first kappa shape index (κ1) is 28.2. The van der Waals surface area contributed by atoms with Gasteiger partial charge in [0.25, 0.3) is 0 Å². The number of hydrogen-bond acceptors (Lipinski definition) is 5. The van der Waals surface area contributed by atoms with Crippen LogP contribution in [0.1, 0.15) is 92.3 Å². The number of esters is 1. The van der Waals surface area contributed by atoms with Crippen LogP contribution in [0.2, 0.25) is 0 Å². The van der Waals surface area contributed by atoms with E-state index < -0.39 is 19.4 Å². The van der Waals surface area contributed by atoms with Crippen LogP contribution in [-0.2, 0) is 20.7 Å². The van der Waals surface area contributed by atoms with E-state index in [9.17, 15) is 9.59 Å². The lowest BCUT2D eigenvalue weighted by Crippen LogP contribution is -2.17. The highest BCUT2D eigenvalue weighted by Gasteiger charge is 2.15. The highest BCUT2D eigenvalue weighted by atomic mass is 16.7. The fraction of sp³-hybridized carbons (Fsp3) is 0.562. The van der Waals surface area contributed by atoms with Crippen LogP contribution in [0.3, 0.4) is 0 Å². The molecule has 210 valence electrons. The summed E-state index contributed by atoms with van der Waals surface area (Å²) in [6.45, 7) is 0.207. The predicted octanol–water partition coefficient (Wildman–Crippen LogP) is 8.04. The normalized spacial score (nSPS) is 12.9. The maximum Gasteiger partial charge on any atom is 0.421 e. The number of nitrogens with zero attached hydrogens (tertiary/aromatic N) is 2. The lowest BCUT2D eigenvalue weighted by atomic mass is 10.1. The van der Waals surface area contributed by atoms with Gasteiger partial charge in [0.05, 0.1) is 5.52 Å². The van der Waals surface area contributed by atoms with Gasteiger partial charge in [0.1, 0.15) is 0 Å². The minimum Gasteiger partial charge on any atom is -0.428 e. The van der Waals surface area contributed by atoms with Crippen LogP contribution in [0.5, 0.6) is 0 Å². The smallest absolute Gasteiger partial charge is 0.421 e. The van der Waals surface area contributed by atoms with Crippen molar-refractivity contribution in [1.29, 1.82) is 0 Å². The van der Waals surface area contributed by atoms with Crippen LogP contribution in [0.4, 0.5) is 4.79 Å². The predicted molar refractivity (Wildman–Crippen MR) is 156 cm³/mol. The first-order valence-corrected chi connectivity index (χ1v) is 14.2. The summed E-state index contributed by atoms with van der Waals surface area (Å²) < 4.78 is 28.1. The van der Waals surface area contributed by atoms with Crippen molar-refractivity contribution < 1.29 is 21.8 Å². The van der Waals surface area contributed by atoms with Crippen LogP contribution in [-0.4, -0.2) is 48.9 Å². The molecule has 0 aliphatic heterocycles. The molecule has 2 aromatic rings. The second-order valence-corrected chi connectivity index (χ2v) is 9.80. The summed E-state index contributed by atoms with van der Waals surface area (Å²) in [6, 6.07) is 7.29. The van der Waals surface area contributed by atoms with E-state index in [4.69, 9.17) is 12.2 Å². The third kappa shape index (κ3) is 12.6. The van der Waals surface area contributed by atoms with Gasteiger partial charge in [-0.05, 0) is 70.7 Å². The largest absolute Gasteiger partial charge is 0.428 e. The van der Waals surface area contributed by atoms with Gasteiger partial charge in [-0.3, -0.25) is 9.36 Å². The quantitative estimate of drug-likeness (QED) is 0.0802. The Morgan fingerprint density at radius 1 is 0.921 bits per heavy atom. The number of hydrogen-bond donors (Lipinski definition) is 0. The molecule has 0 bridgehead atoms. The molecule has 0 saturated carbocycles.